The van der Waals surface area contributed by atoms with Crippen LogP contribution < -0.4 is 11.1 Å². The van der Waals surface area contributed by atoms with E-state index in [1.807, 2.05) is 54.6 Å². The van der Waals surface area contributed by atoms with Gasteiger partial charge >= 0.3 is 0 Å². The second-order valence-corrected chi connectivity index (χ2v) is 9.00. The van der Waals surface area contributed by atoms with Crippen LogP contribution in [-0.2, 0) is 6.54 Å². The first kappa shape index (κ1) is 24.0. The highest BCUT2D eigenvalue weighted by atomic mass is 35.5. The molecular formula is C29H27ClN4O2. The van der Waals surface area contributed by atoms with Gasteiger partial charge in [0.15, 0.2) is 0 Å². The second kappa shape index (κ2) is 10.1. The number of piperazine rings is 1. The first-order valence-electron chi connectivity index (χ1n) is 11.9. The molecule has 7 heteroatoms. The second-order valence-electron chi connectivity index (χ2n) is 9.00. The van der Waals surface area contributed by atoms with Crippen LogP contribution in [0.15, 0.2) is 83.3 Å². The third-order valence-electron chi connectivity index (χ3n) is 6.64. The van der Waals surface area contributed by atoms with Gasteiger partial charge in [-0.05, 0) is 35.4 Å². The topological polar surface area (TPSA) is 84.4 Å². The maximum atomic E-state index is 12.4. The fraction of sp³-hybridized carbons (Fsp3) is 0.172. The van der Waals surface area contributed by atoms with Gasteiger partial charge in [-0.2, -0.15) is 0 Å². The van der Waals surface area contributed by atoms with Crippen LogP contribution in [0.25, 0.3) is 44.3 Å². The molecule has 0 radical (unpaired) electrons. The van der Waals surface area contributed by atoms with Gasteiger partial charge in [0.1, 0.15) is 17.0 Å². The zero-order valence-electron chi connectivity index (χ0n) is 19.7. The van der Waals surface area contributed by atoms with Gasteiger partial charge in [0, 0.05) is 54.6 Å². The summed E-state index contributed by atoms with van der Waals surface area (Å²) in [5, 5.41) is 5.39. The van der Waals surface area contributed by atoms with E-state index >= 15 is 0 Å². The summed E-state index contributed by atoms with van der Waals surface area (Å²) < 4.78 is 6.37. The van der Waals surface area contributed by atoms with Crippen molar-refractivity contribution in [2.45, 2.75) is 6.54 Å². The number of para-hydroxylation sites is 1. The molecule has 1 amide bonds. The molecule has 1 fully saturated rings. The summed E-state index contributed by atoms with van der Waals surface area (Å²) in [4.78, 5) is 19.4. The molecule has 0 atom stereocenters. The normalized spacial score (nSPS) is 14.1. The number of aromatic nitrogens is 1. The van der Waals surface area contributed by atoms with Crippen LogP contribution in [0, 0.1) is 0 Å². The van der Waals surface area contributed by atoms with Crippen LogP contribution in [-0.4, -0.2) is 42.0 Å². The number of rotatable bonds is 5. The first-order valence-corrected chi connectivity index (χ1v) is 11.9. The molecule has 36 heavy (non-hydrogen) atoms. The van der Waals surface area contributed by atoms with Crippen molar-refractivity contribution in [2.24, 2.45) is 5.73 Å². The van der Waals surface area contributed by atoms with Gasteiger partial charge in [0.05, 0.1) is 5.52 Å². The van der Waals surface area contributed by atoms with Gasteiger partial charge in [-0.1, -0.05) is 54.6 Å². The number of carbonyl (C=O) groups excluding carboxylic acids is 1. The van der Waals surface area contributed by atoms with Crippen LogP contribution in [0.2, 0.25) is 0 Å². The predicted molar refractivity (Wildman–Crippen MR) is 146 cm³/mol. The molecule has 5 aromatic rings. The van der Waals surface area contributed by atoms with Crippen molar-refractivity contribution >= 4 is 40.2 Å². The fourth-order valence-corrected chi connectivity index (χ4v) is 4.88. The molecule has 3 N–H and O–H groups in total. The van der Waals surface area contributed by atoms with Crippen LogP contribution >= 0.6 is 12.4 Å². The Bertz CT molecular complexity index is 1560. The summed E-state index contributed by atoms with van der Waals surface area (Å²) in [6, 6.07) is 26.1. The molecule has 0 bridgehead atoms. The monoisotopic (exact) mass is 498 g/mol. The summed E-state index contributed by atoms with van der Waals surface area (Å²) in [7, 11) is 0. The van der Waals surface area contributed by atoms with Gasteiger partial charge in [-0.3, -0.25) is 9.69 Å². The van der Waals surface area contributed by atoms with E-state index in [1.54, 1.807) is 0 Å². The molecule has 1 saturated heterocycles. The molecule has 6 nitrogen and oxygen atoms in total. The predicted octanol–water partition coefficient (Wildman–Crippen LogP) is 5.24. The van der Waals surface area contributed by atoms with Crippen molar-refractivity contribution in [3.63, 3.8) is 0 Å². The van der Waals surface area contributed by atoms with E-state index in [9.17, 15) is 4.79 Å². The number of furan rings is 1. The molecule has 0 aliphatic carbocycles. The van der Waals surface area contributed by atoms with E-state index < -0.39 is 5.91 Å². The zero-order chi connectivity index (χ0) is 23.8. The third-order valence-corrected chi connectivity index (χ3v) is 6.64. The molecule has 0 spiro atoms. The Kier molecular flexibility index (Phi) is 6.74. The molecular weight excluding hydrogens is 472 g/mol. The van der Waals surface area contributed by atoms with E-state index in [0.717, 1.165) is 71.5 Å². The molecule has 0 unspecified atom stereocenters. The number of halogens is 1. The number of amides is 1. The standard InChI is InChI=1S/C29H26N4O2.ClH/c30-29(34)28-24(16-20-5-1-4-8-25(20)32-28)22-6-2-3-7-23(22)27-17-21-10-9-19(15-26(21)35-27)18-33-13-11-31-12-14-33;/h1-10,15-17,31H,11-14,18H2,(H2,30,34);1H. The molecule has 6 rings (SSSR count). The lowest BCUT2D eigenvalue weighted by Gasteiger charge is -2.27. The molecule has 1 aliphatic heterocycles. The van der Waals surface area contributed by atoms with E-state index in [2.05, 4.69) is 39.5 Å². The zero-order valence-corrected chi connectivity index (χ0v) is 20.6. The smallest absolute Gasteiger partial charge is 0.267 e. The van der Waals surface area contributed by atoms with Crippen molar-refractivity contribution in [3.8, 4) is 22.5 Å². The third kappa shape index (κ3) is 4.58. The first-order chi connectivity index (χ1) is 17.2. The number of hydrogen-bond acceptors (Lipinski definition) is 5. The highest BCUT2D eigenvalue weighted by Crippen LogP contribution is 2.37. The SMILES string of the molecule is Cl.NC(=O)c1nc2ccccc2cc1-c1ccccc1-c1cc2ccc(CN3CCNCC3)cc2o1. The molecule has 182 valence electrons. The summed E-state index contributed by atoms with van der Waals surface area (Å²) in [6.07, 6.45) is 0. The van der Waals surface area contributed by atoms with Crippen LogP contribution in [0.3, 0.4) is 0 Å². The number of primary amides is 1. The Morgan fingerprint density at radius 1 is 0.889 bits per heavy atom. The summed E-state index contributed by atoms with van der Waals surface area (Å²) in [5.41, 5.74) is 11.3. The minimum atomic E-state index is -0.553. The average Bonchev–Trinajstić information content (AvgIpc) is 3.32. The number of nitrogens with one attached hydrogen (secondary N) is 1. The Hall–Kier alpha value is -3.71. The molecule has 2 aromatic heterocycles. The van der Waals surface area contributed by atoms with E-state index in [4.69, 9.17) is 10.2 Å². The van der Waals surface area contributed by atoms with Crippen LogP contribution in [0.1, 0.15) is 16.1 Å². The van der Waals surface area contributed by atoms with E-state index in [0.29, 0.717) is 5.56 Å². The van der Waals surface area contributed by atoms with Gasteiger partial charge in [-0.15, -0.1) is 12.4 Å². The van der Waals surface area contributed by atoms with Crippen molar-refractivity contribution < 1.29 is 9.21 Å². The lowest BCUT2D eigenvalue weighted by atomic mass is 9.95. The van der Waals surface area contributed by atoms with Crippen molar-refractivity contribution in [2.75, 3.05) is 26.2 Å². The van der Waals surface area contributed by atoms with E-state index in [1.165, 1.54) is 5.56 Å². The summed E-state index contributed by atoms with van der Waals surface area (Å²) in [5.74, 6) is 0.196. The molecule has 0 saturated carbocycles. The number of nitrogens with two attached hydrogens (primary N) is 1. The maximum absolute atomic E-state index is 12.4. The number of carbonyl (C=O) groups is 1. The quantitative estimate of drug-likeness (QED) is 0.346. The Morgan fingerprint density at radius 2 is 1.64 bits per heavy atom. The highest BCUT2D eigenvalue weighted by Gasteiger charge is 2.19. The Morgan fingerprint density at radius 3 is 2.44 bits per heavy atom. The number of pyridine rings is 1. The van der Waals surface area contributed by atoms with Crippen LogP contribution in [0.4, 0.5) is 0 Å². The lowest BCUT2D eigenvalue weighted by Crippen LogP contribution is -2.42. The Balaban J connectivity index is 0.00000267. The summed E-state index contributed by atoms with van der Waals surface area (Å²) in [6.45, 7) is 5.07. The van der Waals surface area contributed by atoms with Gasteiger partial charge in [0.2, 0.25) is 0 Å². The molecule has 3 heterocycles. The number of fused-ring (bicyclic) bond motifs is 2. The van der Waals surface area contributed by atoms with E-state index in [-0.39, 0.29) is 18.1 Å². The molecule has 3 aromatic carbocycles. The number of benzene rings is 3. The largest absolute Gasteiger partial charge is 0.456 e. The van der Waals surface area contributed by atoms with Crippen molar-refractivity contribution in [1.82, 2.24) is 15.2 Å². The minimum Gasteiger partial charge on any atom is -0.456 e. The number of hydrogen-bond donors (Lipinski definition) is 2. The van der Waals surface area contributed by atoms with Gasteiger partial charge in [0.25, 0.3) is 5.91 Å². The molecule has 1 aliphatic rings. The van der Waals surface area contributed by atoms with Crippen LogP contribution in [0.5, 0.6) is 0 Å². The van der Waals surface area contributed by atoms with Gasteiger partial charge in [-0.25, -0.2) is 4.98 Å². The van der Waals surface area contributed by atoms with Gasteiger partial charge < -0.3 is 15.5 Å². The Labute approximate surface area is 215 Å². The maximum Gasteiger partial charge on any atom is 0.267 e. The van der Waals surface area contributed by atoms with Crippen molar-refractivity contribution in [1.29, 1.82) is 0 Å². The minimum absolute atomic E-state index is 0. The summed E-state index contributed by atoms with van der Waals surface area (Å²) >= 11 is 0. The lowest BCUT2D eigenvalue weighted by molar-refractivity contribution is 0.0996. The number of nitrogens with zero attached hydrogens (tertiary/aromatic N) is 2. The highest BCUT2D eigenvalue weighted by molar-refractivity contribution is 6.03. The van der Waals surface area contributed by atoms with Crippen molar-refractivity contribution in [3.05, 3.63) is 90.1 Å². The fourth-order valence-electron chi connectivity index (χ4n) is 4.88. The average molecular weight is 499 g/mol.